The molecule has 0 amide bonds. The Morgan fingerprint density at radius 3 is 2.47 bits per heavy atom. The molecule has 7 heteroatoms. The summed E-state index contributed by atoms with van der Waals surface area (Å²) < 4.78 is 0. The fraction of sp³-hybridized carbons (Fsp3) is 0.500. The van der Waals surface area contributed by atoms with Crippen molar-refractivity contribution in [3.8, 4) is 0 Å². The molecule has 7 nitrogen and oxygen atoms in total. The number of aliphatic hydroxyl groups excluding tert-OH is 2. The van der Waals surface area contributed by atoms with Crippen LogP contribution in [0.2, 0.25) is 0 Å². The fourth-order valence-electron chi connectivity index (χ4n) is 1.18. The first kappa shape index (κ1) is 11.6. The number of nitrogens with zero attached hydrogens (tertiary/aromatic N) is 3. The number of anilines is 2. The normalized spacial score (nSPS) is 10.1. The number of nitrogens with two attached hydrogens (primary N) is 1. The monoisotopic (exact) mass is 213 g/mol. The van der Waals surface area contributed by atoms with Crippen molar-refractivity contribution in [2.75, 3.05) is 36.6 Å². The third-order valence-corrected chi connectivity index (χ3v) is 1.86. The van der Waals surface area contributed by atoms with E-state index in [4.69, 9.17) is 16.1 Å². The van der Waals surface area contributed by atoms with Gasteiger partial charge < -0.3 is 20.5 Å². The van der Waals surface area contributed by atoms with Crippen LogP contribution in [0.25, 0.3) is 0 Å². The second-order valence-corrected chi connectivity index (χ2v) is 2.84. The zero-order valence-electron chi connectivity index (χ0n) is 8.30. The van der Waals surface area contributed by atoms with Gasteiger partial charge in [0.1, 0.15) is 18.0 Å². The molecule has 0 bridgehead atoms. The zero-order chi connectivity index (χ0) is 11.1. The van der Waals surface area contributed by atoms with Crippen molar-refractivity contribution in [2.24, 2.45) is 5.84 Å². The first-order valence-corrected chi connectivity index (χ1v) is 4.57. The van der Waals surface area contributed by atoms with Crippen LogP contribution in [0.1, 0.15) is 0 Å². The molecule has 84 valence electrons. The molecule has 1 aromatic rings. The topological polar surface area (TPSA) is 108 Å². The zero-order valence-corrected chi connectivity index (χ0v) is 8.30. The average molecular weight is 213 g/mol. The lowest BCUT2D eigenvalue weighted by Crippen LogP contribution is -2.30. The van der Waals surface area contributed by atoms with Gasteiger partial charge in [0.15, 0.2) is 0 Å². The maximum Gasteiger partial charge on any atom is 0.145 e. The van der Waals surface area contributed by atoms with Gasteiger partial charge in [0.05, 0.1) is 13.2 Å². The Balaban J connectivity index is 2.79. The highest BCUT2D eigenvalue weighted by atomic mass is 16.3. The van der Waals surface area contributed by atoms with E-state index in [0.29, 0.717) is 24.7 Å². The molecule has 0 aliphatic carbocycles. The summed E-state index contributed by atoms with van der Waals surface area (Å²) in [4.78, 5) is 9.62. The van der Waals surface area contributed by atoms with Crippen molar-refractivity contribution in [2.45, 2.75) is 0 Å². The smallest absolute Gasteiger partial charge is 0.145 e. The third kappa shape index (κ3) is 3.31. The minimum absolute atomic E-state index is 0.00457. The van der Waals surface area contributed by atoms with E-state index in [1.807, 2.05) is 0 Å². The molecule has 0 saturated heterocycles. The Hall–Kier alpha value is -1.44. The molecule has 1 rings (SSSR count). The molecule has 0 fully saturated rings. The molecule has 1 heterocycles. The van der Waals surface area contributed by atoms with Crippen LogP contribution in [-0.4, -0.2) is 46.5 Å². The summed E-state index contributed by atoms with van der Waals surface area (Å²) in [6.45, 7) is 0.800. The number of nitrogens with one attached hydrogen (secondary N) is 1. The lowest BCUT2D eigenvalue weighted by Gasteiger charge is -2.21. The summed E-state index contributed by atoms with van der Waals surface area (Å²) in [6, 6.07) is 1.64. The molecule has 15 heavy (non-hydrogen) atoms. The second-order valence-electron chi connectivity index (χ2n) is 2.84. The molecule has 0 saturated carbocycles. The van der Waals surface area contributed by atoms with E-state index in [9.17, 15) is 0 Å². The van der Waals surface area contributed by atoms with Crippen molar-refractivity contribution < 1.29 is 10.2 Å². The van der Waals surface area contributed by atoms with Crippen LogP contribution in [-0.2, 0) is 0 Å². The Morgan fingerprint density at radius 1 is 1.27 bits per heavy atom. The van der Waals surface area contributed by atoms with Crippen LogP contribution in [0.3, 0.4) is 0 Å². The molecule has 0 unspecified atom stereocenters. The average Bonchev–Trinajstić information content (AvgIpc) is 2.29. The Kier molecular flexibility index (Phi) is 4.75. The number of nitrogen functional groups attached to an aromatic ring is 1. The van der Waals surface area contributed by atoms with Crippen molar-refractivity contribution in [1.82, 2.24) is 9.97 Å². The minimum atomic E-state index is -0.00457. The number of rotatable bonds is 6. The van der Waals surface area contributed by atoms with Crippen LogP contribution >= 0.6 is 0 Å². The number of hydrogen-bond donors (Lipinski definition) is 4. The molecule has 5 N–H and O–H groups in total. The van der Waals surface area contributed by atoms with Gasteiger partial charge in [-0.2, -0.15) is 0 Å². The van der Waals surface area contributed by atoms with Crippen LogP contribution in [0.15, 0.2) is 12.4 Å². The quantitative estimate of drug-likeness (QED) is 0.338. The van der Waals surface area contributed by atoms with Crippen molar-refractivity contribution in [1.29, 1.82) is 0 Å². The van der Waals surface area contributed by atoms with Gasteiger partial charge in [-0.25, -0.2) is 15.8 Å². The van der Waals surface area contributed by atoms with Gasteiger partial charge in [-0.05, 0) is 0 Å². The molecule has 0 radical (unpaired) electrons. The maximum absolute atomic E-state index is 8.84. The van der Waals surface area contributed by atoms with Gasteiger partial charge in [-0.1, -0.05) is 0 Å². The number of hydrogen-bond acceptors (Lipinski definition) is 7. The third-order valence-electron chi connectivity index (χ3n) is 1.86. The standard InChI is InChI=1S/C8H15N5O2/c9-12-7-5-8(11-6-10-7)13(1-3-14)2-4-15/h5-6,14-15H,1-4,9H2,(H,10,11,12). The lowest BCUT2D eigenvalue weighted by atomic mass is 10.4. The van der Waals surface area contributed by atoms with Crippen molar-refractivity contribution >= 4 is 11.6 Å². The summed E-state index contributed by atoms with van der Waals surface area (Å²) in [6.07, 6.45) is 1.37. The van der Waals surface area contributed by atoms with E-state index in [-0.39, 0.29) is 13.2 Å². The first-order chi connectivity index (χ1) is 7.31. The molecule has 1 aromatic heterocycles. The molecule has 0 spiro atoms. The van der Waals surface area contributed by atoms with E-state index >= 15 is 0 Å². The maximum atomic E-state index is 8.84. The van der Waals surface area contributed by atoms with Gasteiger partial charge in [-0.3, -0.25) is 0 Å². The largest absolute Gasteiger partial charge is 0.395 e. The Morgan fingerprint density at radius 2 is 1.93 bits per heavy atom. The van der Waals surface area contributed by atoms with Crippen LogP contribution < -0.4 is 16.2 Å². The predicted octanol–water partition coefficient (Wildman–Crippen LogP) is -1.45. The number of aromatic nitrogens is 2. The highest BCUT2D eigenvalue weighted by Crippen LogP contribution is 2.12. The van der Waals surface area contributed by atoms with Gasteiger partial charge >= 0.3 is 0 Å². The SMILES string of the molecule is NNc1cc(N(CCO)CCO)ncn1. The molecule has 0 aliphatic rings. The number of aliphatic hydroxyl groups is 2. The van der Waals surface area contributed by atoms with Crippen molar-refractivity contribution in [3.63, 3.8) is 0 Å². The minimum Gasteiger partial charge on any atom is -0.395 e. The summed E-state index contributed by atoms with van der Waals surface area (Å²) in [5.74, 6) is 6.31. The summed E-state index contributed by atoms with van der Waals surface area (Å²) in [5, 5.41) is 17.7. The van der Waals surface area contributed by atoms with E-state index < -0.39 is 0 Å². The fourth-order valence-corrected chi connectivity index (χ4v) is 1.18. The number of hydrazine groups is 1. The van der Waals surface area contributed by atoms with Gasteiger partial charge in [0, 0.05) is 19.2 Å². The molecule has 0 aromatic carbocycles. The van der Waals surface area contributed by atoms with Crippen molar-refractivity contribution in [3.05, 3.63) is 12.4 Å². The summed E-state index contributed by atoms with van der Waals surface area (Å²) >= 11 is 0. The van der Waals surface area contributed by atoms with Crippen LogP contribution in [0, 0.1) is 0 Å². The van der Waals surface area contributed by atoms with Gasteiger partial charge in [-0.15, -0.1) is 0 Å². The summed E-state index contributed by atoms with van der Waals surface area (Å²) in [5.41, 5.74) is 2.40. The second kappa shape index (κ2) is 6.12. The lowest BCUT2D eigenvalue weighted by molar-refractivity contribution is 0.280. The molecule has 0 aliphatic heterocycles. The van der Waals surface area contributed by atoms with E-state index in [2.05, 4.69) is 15.4 Å². The van der Waals surface area contributed by atoms with E-state index in [1.165, 1.54) is 6.33 Å². The highest BCUT2D eigenvalue weighted by Gasteiger charge is 2.07. The predicted molar refractivity (Wildman–Crippen MR) is 56.2 cm³/mol. The first-order valence-electron chi connectivity index (χ1n) is 4.57. The molecule has 0 atom stereocenters. The summed E-state index contributed by atoms with van der Waals surface area (Å²) in [7, 11) is 0. The Bertz CT molecular complexity index is 290. The molecular formula is C8H15N5O2. The highest BCUT2D eigenvalue weighted by molar-refractivity contribution is 5.47. The Labute approximate surface area is 87.5 Å². The molecular weight excluding hydrogens is 198 g/mol. The van der Waals surface area contributed by atoms with Gasteiger partial charge in [0.25, 0.3) is 0 Å². The van der Waals surface area contributed by atoms with E-state index in [1.54, 1.807) is 11.0 Å². The van der Waals surface area contributed by atoms with Crippen LogP contribution in [0.5, 0.6) is 0 Å². The van der Waals surface area contributed by atoms with Crippen LogP contribution in [0.4, 0.5) is 11.6 Å². The van der Waals surface area contributed by atoms with E-state index in [0.717, 1.165) is 0 Å². The van der Waals surface area contributed by atoms with Gasteiger partial charge in [0.2, 0.25) is 0 Å².